The van der Waals surface area contributed by atoms with Gasteiger partial charge in [-0.2, -0.15) is 0 Å². The van der Waals surface area contributed by atoms with Crippen molar-refractivity contribution in [3.05, 3.63) is 57.5 Å². The number of fused-ring (bicyclic) bond motifs is 2. The molecule has 2 aromatic carbocycles. The van der Waals surface area contributed by atoms with Gasteiger partial charge < -0.3 is 9.64 Å². The summed E-state index contributed by atoms with van der Waals surface area (Å²) in [5, 5.41) is 0. The molecule has 1 atom stereocenters. The normalized spacial score (nSPS) is 16.5. The van der Waals surface area contributed by atoms with E-state index < -0.39 is 0 Å². The number of ether oxygens (including phenoxy) is 1. The number of aromatic nitrogens is 1. The summed E-state index contributed by atoms with van der Waals surface area (Å²) in [5.74, 6) is 0.887. The number of amides is 1. The molecule has 3 aromatic rings. The standard InChI is InChI=1S/C18H15BrN2O2S/c1-21(14-8-9-23-15-5-3-2-4-12(14)15)17(22)11-6-7-13-16(10-11)24-18(19)20-13/h2-7,10,14H,8-9H2,1H3/t14-/m1/s1. The van der Waals surface area contributed by atoms with E-state index in [1.54, 1.807) is 0 Å². The highest BCUT2D eigenvalue weighted by molar-refractivity contribution is 9.11. The Bertz CT molecular complexity index is 924. The third-order valence-corrected chi connectivity index (χ3v) is 5.79. The SMILES string of the molecule is CN(C(=O)c1ccc2nc(Br)sc2c1)[C@@H]1CCOc2ccccc21. The van der Waals surface area contributed by atoms with Gasteiger partial charge in [-0.05, 0) is 40.2 Å². The van der Waals surface area contributed by atoms with Gasteiger partial charge in [0.2, 0.25) is 0 Å². The van der Waals surface area contributed by atoms with E-state index in [0.29, 0.717) is 12.2 Å². The van der Waals surface area contributed by atoms with Crippen LogP contribution in [0.2, 0.25) is 0 Å². The van der Waals surface area contributed by atoms with Crippen molar-refractivity contribution in [3.63, 3.8) is 0 Å². The molecule has 0 saturated carbocycles. The van der Waals surface area contributed by atoms with E-state index in [0.717, 1.165) is 31.9 Å². The first-order chi connectivity index (χ1) is 11.6. The monoisotopic (exact) mass is 402 g/mol. The summed E-state index contributed by atoms with van der Waals surface area (Å²) in [5.41, 5.74) is 2.66. The van der Waals surface area contributed by atoms with Gasteiger partial charge in [0, 0.05) is 24.6 Å². The van der Waals surface area contributed by atoms with E-state index in [9.17, 15) is 4.79 Å². The molecule has 0 saturated heterocycles. The first-order valence-corrected chi connectivity index (χ1v) is 9.29. The lowest BCUT2D eigenvalue weighted by Gasteiger charge is -2.33. The second-order valence-corrected chi connectivity index (χ2v) is 8.06. The summed E-state index contributed by atoms with van der Waals surface area (Å²) in [6.07, 6.45) is 0.799. The number of rotatable bonds is 2. The van der Waals surface area contributed by atoms with Crippen LogP contribution >= 0.6 is 27.3 Å². The Morgan fingerprint density at radius 1 is 1.33 bits per heavy atom. The van der Waals surface area contributed by atoms with Crippen molar-refractivity contribution in [3.8, 4) is 5.75 Å². The molecule has 0 radical (unpaired) electrons. The molecule has 1 amide bonds. The van der Waals surface area contributed by atoms with Crippen LogP contribution < -0.4 is 4.74 Å². The predicted molar refractivity (Wildman–Crippen MR) is 98.7 cm³/mol. The van der Waals surface area contributed by atoms with Crippen molar-refractivity contribution in [2.75, 3.05) is 13.7 Å². The number of carbonyl (C=O) groups is 1. The quantitative estimate of drug-likeness (QED) is 0.626. The van der Waals surface area contributed by atoms with E-state index in [2.05, 4.69) is 20.9 Å². The highest BCUT2D eigenvalue weighted by atomic mass is 79.9. The summed E-state index contributed by atoms with van der Waals surface area (Å²) in [7, 11) is 1.86. The Labute approximate surface area is 152 Å². The topological polar surface area (TPSA) is 42.4 Å². The van der Waals surface area contributed by atoms with Crippen LogP contribution in [0, 0.1) is 0 Å². The molecule has 24 heavy (non-hydrogen) atoms. The van der Waals surface area contributed by atoms with E-state index in [4.69, 9.17) is 4.74 Å². The summed E-state index contributed by atoms with van der Waals surface area (Å²) in [6, 6.07) is 13.6. The number of benzene rings is 2. The van der Waals surface area contributed by atoms with Gasteiger partial charge in [0.1, 0.15) is 5.75 Å². The van der Waals surface area contributed by atoms with Crippen LogP contribution in [0.1, 0.15) is 28.4 Å². The van der Waals surface area contributed by atoms with Crippen molar-refractivity contribution in [1.29, 1.82) is 0 Å². The first-order valence-electron chi connectivity index (χ1n) is 7.68. The fraction of sp³-hybridized carbons (Fsp3) is 0.222. The molecule has 2 heterocycles. The lowest BCUT2D eigenvalue weighted by molar-refractivity contribution is 0.0686. The van der Waals surface area contributed by atoms with Crippen molar-refractivity contribution in [1.82, 2.24) is 9.88 Å². The predicted octanol–water partition coefficient (Wildman–Crippen LogP) is 4.65. The fourth-order valence-corrected chi connectivity index (χ4v) is 4.54. The van der Waals surface area contributed by atoms with Crippen LogP contribution in [0.4, 0.5) is 0 Å². The average molecular weight is 403 g/mol. The van der Waals surface area contributed by atoms with Crippen LogP contribution in [0.3, 0.4) is 0 Å². The molecule has 0 unspecified atom stereocenters. The van der Waals surface area contributed by atoms with Crippen molar-refractivity contribution >= 4 is 43.4 Å². The lowest BCUT2D eigenvalue weighted by Crippen LogP contribution is -2.34. The number of hydrogen-bond acceptors (Lipinski definition) is 4. The second kappa shape index (κ2) is 6.18. The zero-order valence-corrected chi connectivity index (χ0v) is 15.4. The number of carbonyl (C=O) groups excluding carboxylic acids is 1. The minimum absolute atomic E-state index is 0.0168. The highest BCUT2D eigenvalue weighted by Gasteiger charge is 2.28. The number of nitrogens with zero attached hydrogens (tertiary/aromatic N) is 2. The van der Waals surface area contributed by atoms with E-state index in [1.807, 2.05) is 54.4 Å². The maximum absolute atomic E-state index is 13.0. The van der Waals surface area contributed by atoms with Crippen LogP contribution in [0.15, 0.2) is 46.4 Å². The molecular weight excluding hydrogens is 388 g/mol. The molecule has 0 spiro atoms. The van der Waals surface area contributed by atoms with Gasteiger partial charge in [-0.3, -0.25) is 4.79 Å². The molecule has 4 rings (SSSR count). The zero-order valence-electron chi connectivity index (χ0n) is 13.0. The third-order valence-electron chi connectivity index (χ3n) is 4.32. The minimum Gasteiger partial charge on any atom is -0.493 e. The first kappa shape index (κ1) is 15.6. The molecule has 0 N–H and O–H groups in total. The maximum atomic E-state index is 13.0. The molecule has 6 heteroatoms. The zero-order chi connectivity index (χ0) is 16.7. The van der Waals surface area contributed by atoms with Crippen LogP contribution in [0.25, 0.3) is 10.2 Å². The van der Waals surface area contributed by atoms with E-state index in [1.165, 1.54) is 11.3 Å². The largest absolute Gasteiger partial charge is 0.493 e. The van der Waals surface area contributed by atoms with Gasteiger partial charge in [-0.15, -0.1) is 11.3 Å². The summed E-state index contributed by atoms with van der Waals surface area (Å²) < 4.78 is 7.54. The van der Waals surface area contributed by atoms with Crippen molar-refractivity contribution < 1.29 is 9.53 Å². The Morgan fingerprint density at radius 2 is 2.17 bits per heavy atom. The van der Waals surface area contributed by atoms with Gasteiger partial charge >= 0.3 is 0 Å². The van der Waals surface area contributed by atoms with Gasteiger partial charge in [-0.1, -0.05) is 18.2 Å². The second-order valence-electron chi connectivity index (χ2n) is 5.76. The van der Waals surface area contributed by atoms with Gasteiger partial charge in [0.15, 0.2) is 3.92 Å². The molecule has 122 valence electrons. The average Bonchev–Trinajstić information content (AvgIpc) is 2.99. The Hall–Kier alpha value is -1.92. The van der Waals surface area contributed by atoms with Crippen LogP contribution in [0.5, 0.6) is 5.75 Å². The molecule has 4 nitrogen and oxygen atoms in total. The van der Waals surface area contributed by atoms with Gasteiger partial charge in [-0.25, -0.2) is 4.98 Å². The smallest absolute Gasteiger partial charge is 0.254 e. The molecular formula is C18H15BrN2O2S. The minimum atomic E-state index is 0.0168. The number of hydrogen-bond donors (Lipinski definition) is 0. The summed E-state index contributed by atoms with van der Waals surface area (Å²) >= 11 is 4.93. The Balaban J connectivity index is 1.66. The third kappa shape index (κ3) is 2.70. The Kier molecular flexibility index (Phi) is 4.02. The van der Waals surface area contributed by atoms with Crippen molar-refractivity contribution in [2.45, 2.75) is 12.5 Å². The number of halogens is 1. The summed E-state index contributed by atoms with van der Waals surface area (Å²) in [4.78, 5) is 19.2. The molecule has 0 fully saturated rings. The van der Waals surface area contributed by atoms with Gasteiger partial charge in [0.05, 0.1) is 22.9 Å². The lowest BCUT2D eigenvalue weighted by atomic mass is 9.98. The maximum Gasteiger partial charge on any atom is 0.254 e. The van der Waals surface area contributed by atoms with Crippen molar-refractivity contribution in [2.24, 2.45) is 0 Å². The molecule has 1 aliphatic rings. The highest BCUT2D eigenvalue weighted by Crippen LogP contribution is 2.36. The number of para-hydroxylation sites is 1. The fourth-order valence-electron chi connectivity index (χ4n) is 3.10. The molecule has 1 aromatic heterocycles. The number of thiazole rings is 1. The molecule has 1 aliphatic heterocycles. The molecule has 0 aliphatic carbocycles. The molecule has 0 bridgehead atoms. The van der Waals surface area contributed by atoms with Crippen LogP contribution in [-0.2, 0) is 0 Å². The van der Waals surface area contributed by atoms with Crippen LogP contribution in [-0.4, -0.2) is 29.4 Å². The summed E-state index contributed by atoms with van der Waals surface area (Å²) in [6.45, 7) is 0.625. The van der Waals surface area contributed by atoms with E-state index >= 15 is 0 Å². The Morgan fingerprint density at radius 3 is 3.04 bits per heavy atom. The van der Waals surface area contributed by atoms with Gasteiger partial charge in [0.25, 0.3) is 5.91 Å². The van der Waals surface area contributed by atoms with E-state index in [-0.39, 0.29) is 11.9 Å².